The van der Waals surface area contributed by atoms with Crippen LogP contribution in [-0.2, 0) is 0 Å². The van der Waals surface area contributed by atoms with Gasteiger partial charge in [0.2, 0.25) is 0 Å². The minimum absolute atomic E-state index is 0.400. The predicted octanol–water partition coefficient (Wildman–Crippen LogP) is 3.13. The average Bonchev–Trinajstić information content (AvgIpc) is 2.35. The van der Waals surface area contributed by atoms with E-state index in [2.05, 4.69) is 24.1 Å². The van der Waals surface area contributed by atoms with Crippen molar-refractivity contribution in [2.24, 2.45) is 0 Å². The van der Waals surface area contributed by atoms with Crippen LogP contribution in [-0.4, -0.2) is 36.1 Å². The second-order valence-electron chi connectivity index (χ2n) is 5.93. The Balaban J connectivity index is 2.00. The lowest BCUT2D eigenvalue weighted by Gasteiger charge is -2.49. The molecule has 0 bridgehead atoms. The number of piperazine rings is 1. The van der Waals surface area contributed by atoms with Crippen LogP contribution >= 0.6 is 11.6 Å². The fraction of sp³-hybridized carbons (Fsp3) is 0.857. The molecule has 0 aromatic rings. The predicted molar refractivity (Wildman–Crippen MR) is 74.5 cm³/mol. The minimum Gasteiger partial charge on any atom is -0.308 e. The molecule has 0 aromatic heterocycles. The zero-order valence-electron chi connectivity index (χ0n) is 11.1. The van der Waals surface area contributed by atoms with Crippen molar-refractivity contribution in [2.75, 3.05) is 19.6 Å². The lowest BCUT2D eigenvalue weighted by atomic mass is 9.79. The van der Waals surface area contributed by atoms with Gasteiger partial charge in [-0.3, -0.25) is 4.90 Å². The molecule has 0 radical (unpaired) electrons. The molecular weight excluding hydrogens is 232 g/mol. The molecule has 1 aliphatic heterocycles. The van der Waals surface area contributed by atoms with E-state index in [-0.39, 0.29) is 0 Å². The summed E-state index contributed by atoms with van der Waals surface area (Å²) >= 11 is 5.79. The minimum atomic E-state index is 0.400. The first-order valence-electron chi connectivity index (χ1n) is 6.90. The van der Waals surface area contributed by atoms with Crippen molar-refractivity contribution in [3.05, 3.63) is 11.1 Å². The Kier molecular flexibility index (Phi) is 4.51. The van der Waals surface area contributed by atoms with Crippen molar-refractivity contribution in [3.63, 3.8) is 0 Å². The molecule has 2 rings (SSSR count). The van der Waals surface area contributed by atoms with E-state index in [0.717, 1.165) is 13.1 Å². The summed E-state index contributed by atoms with van der Waals surface area (Å²) in [6.07, 6.45) is 6.89. The molecule has 1 atom stereocenters. The molecule has 98 valence electrons. The van der Waals surface area contributed by atoms with E-state index in [1.54, 1.807) is 5.54 Å². The molecule has 17 heavy (non-hydrogen) atoms. The summed E-state index contributed by atoms with van der Waals surface area (Å²) in [5.74, 6) is 0. The molecule has 1 saturated carbocycles. The Morgan fingerprint density at radius 2 is 2.12 bits per heavy atom. The molecule has 0 amide bonds. The standard InChI is InChI=1S/C14H25ClN2/c1-12(8-15)10-17-11-14(16-9-13(17)2)6-4-3-5-7-14/h8,13,16H,3-7,9-11H2,1-2H3. The smallest absolute Gasteiger partial charge is 0.0309 e. The van der Waals surface area contributed by atoms with Crippen LogP contribution < -0.4 is 5.32 Å². The van der Waals surface area contributed by atoms with Crippen LogP contribution in [0.3, 0.4) is 0 Å². The SMILES string of the molecule is CC(=CCl)CN1CC2(CCCCC2)NCC1C. The summed E-state index contributed by atoms with van der Waals surface area (Å²) < 4.78 is 0. The number of nitrogens with zero attached hydrogens (tertiary/aromatic N) is 1. The van der Waals surface area contributed by atoms with E-state index >= 15 is 0 Å². The third kappa shape index (κ3) is 3.24. The van der Waals surface area contributed by atoms with Gasteiger partial charge in [0.25, 0.3) is 0 Å². The van der Waals surface area contributed by atoms with Crippen molar-refractivity contribution in [1.82, 2.24) is 10.2 Å². The number of hydrogen-bond acceptors (Lipinski definition) is 2. The monoisotopic (exact) mass is 256 g/mol. The van der Waals surface area contributed by atoms with Crippen LogP contribution in [0.4, 0.5) is 0 Å². The highest BCUT2D eigenvalue weighted by molar-refractivity contribution is 6.25. The number of rotatable bonds is 2. The lowest BCUT2D eigenvalue weighted by molar-refractivity contribution is 0.0700. The molecule has 1 saturated heterocycles. The van der Waals surface area contributed by atoms with Crippen LogP contribution in [0, 0.1) is 0 Å². The van der Waals surface area contributed by atoms with Crippen molar-refractivity contribution in [3.8, 4) is 0 Å². The van der Waals surface area contributed by atoms with E-state index in [0.29, 0.717) is 11.6 Å². The first-order valence-corrected chi connectivity index (χ1v) is 7.34. The zero-order valence-corrected chi connectivity index (χ0v) is 11.9. The summed E-state index contributed by atoms with van der Waals surface area (Å²) in [4.78, 5) is 2.59. The Bertz CT molecular complexity index is 282. The second-order valence-corrected chi connectivity index (χ2v) is 6.15. The molecule has 3 heteroatoms. The molecule has 1 aliphatic carbocycles. The number of hydrogen-bond donors (Lipinski definition) is 1. The van der Waals surface area contributed by atoms with Crippen molar-refractivity contribution in [2.45, 2.75) is 57.5 Å². The lowest BCUT2D eigenvalue weighted by Crippen LogP contribution is -2.64. The number of nitrogens with one attached hydrogen (secondary N) is 1. The van der Waals surface area contributed by atoms with Gasteiger partial charge in [-0.1, -0.05) is 30.9 Å². The van der Waals surface area contributed by atoms with Crippen molar-refractivity contribution < 1.29 is 0 Å². The summed E-state index contributed by atoms with van der Waals surface area (Å²) in [6, 6.07) is 0.620. The summed E-state index contributed by atoms with van der Waals surface area (Å²) in [5.41, 5.74) is 3.39. The average molecular weight is 257 g/mol. The van der Waals surface area contributed by atoms with E-state index in [4.69, 9.17) is 11.6 Å². The van der Waals surface area contributed by atoms with Gasteiger partial charge in [0.05, 0.1) is 0 Å². The first kappa shape index (κ1) is 13.4. The van der Waals surface area contributed by atoms with E-state index in [1.165, 1.54) is 44.2 Å². The molecule has 1 heterocycles. The van der Waals surface area contributed by atoms with Gasteiger partial charge in [-0.25, -0.2) is 0 Å². The summed E-state index contributed by atoms with van der Waals surface area (Å²) in [7, 11) is 0. The van der Waals surface area contributed by atoms with Crippen LogP contribution in [0.5, 0.6) is 0 Å². The van der Waals surface area contributed by atoms with Gasteiger partial charge >= 0.3 is 0 Å². The summed E-state index contributed by atoms with van der Waals surface area (Å²) in [6.45, 7) is 7.76. The van der Waals surface area contributed by atoms with Crippen LogP contribution in [0.2, 0.25) is 0 Å². The fourth-order valence-corrected chi connectivity index (χ4v) is 3.29. The van der Waals surface area contributed by atoms with Gasteiger partial charge in [-0.2, -0.15) is 0 Å². The van der Waals surface area contributed by atoms with Gasteiger partial charge in [0, 0.05) is 36.8 Å². The maximum atomic E-state index is 5.79. The summed E-state index contributed by atoms with van der Waals surface area (Å²) in [5, 5.41) is 3.81. The molecule has 2 nitrogen and oxygen atoms in total. The number of halogens is 1. The maximum absolute atomic E-state index is 5.79. The Labute approximate surface area is 110 Å². The zero-order chi connectivity index (χ0) is 12.3. The third-order valence-electron chi connectivity index (χ3n) is 4.35. The van der Waals surface area contributed by atoms with Crippen molar-refractivity contribution in [1.29, 1.82) is 0 Å². The molecule has 1 N–H and O–H groups in total. The van der Waals surface area contributed by atoms with E-state index < -0.39 is 0 Å². The van der Waals surface area contributed by atoms with Crippen molar-refractivity contribution >= 4 is 11.6 Å². The second kappa shape index (κ2) is 5.73. The maximum Gasteiger partial charge on any atom is 0.0309 e. The van der Waals surface area contributed by atoms with Gasteiger partial charge in [0.15, 0.2) is 0 Å². The molecule has 1 unspecified atom stereocenters. The largest absolute Gasteiger partial charge is 0.308 e. The Hall–Kier alpha value is -0.0500. The molecule has 2 fully saturated rings. The van der Waals surface area contributed by atoms with Crippen LogP contribution in [0.25, 0.3) is 0 Å². The topological polar surface area (TPSA) is 15.3 Å². The highest BCUT2D eigenvalue weighted by Crippen LogP contribution is 2.31. The first-order chi connectivity index (χ1) is 8.15. The quantitative estimate of drug-likeness (QED) is 0.817. The van der Waals surface area contributed by atoms with E-state index in [1.807, 2.05) is 0 Å². The molecule has 1 spiro atoms. The van der Waals surface area contributed by atoms with Gasteiger partial charge in [0.1, 0.15) is 0 Å². The van der Waals surface area contributed by atoms with E-state index in [9.17, 15) is 0 Å². The molecular formula is C14H25ClN2. The Morgan fingerprint density at radius 3 is 2.76 bits per heavy atom. The van der Waals surface area contributed by atoms with Crippen LogP contribution in [0.15, 0.2) is 11.1 Å². The third-order valence-corrected chi connectivity index (χ3v) is 4.72. The normalized spacial score (nSPS) is 30.8. The Morgan fingerprint density at radius 1 is 1.41 bits per heavy atom. The highest BCUT2D eigenvalue weighted by atomic mass is 35.5. The van der Waals surface area contributed by atoms with Gasteiger partial charge in [-0.05, 0) is 32.3 Å². The fourth-order valence-electron chi connectivity index (χ4n) is 3.22. The van der Waals surface area contributed by atoms with Crippen LogP contribution in [0.1, 0.15) is 46.0 Å². The molecule has 2 aliphatic rings. The molecule has 0 aromatic carbocycles. The highest BCUT2D eigenvalue weighted by Gasteiger charge is 2.38. The van der Waals surface area contributed by atoms with Gasteiger partial charge < -0.3 is 5.32 Å². The van der Waals surface area contributed by atoms with Gasteiger partial charge in [-0.15, -0.1) is 0 Å².